The molecule has 2 rings (SSSR count). The zero-order valence-electron chi connectivity index (χ0n) is 13.6. The summed E-state index contributed by atoms with van der Waals surface area (Å²) in [6, 6.07) is 7.94. The zero-order valence-corrected chi connectivity index (χ0v) is 16.0. The number of carbonyl (C=O) groups excluding carboxylic acids is 1. The second-order valence-corrected chi connectivity index (χ2v) is 7.74. The fraction of sp³-hybridized carbons (Fsp3) is 0.294. The average molecular weight is 395 g/mol. The Balaban J connectivity index is 1.95. The van der Waals surface area contributed by atoms with Crippen LogP contribution < -0.4 is 10.2 Å². The molecule has 1 heterocycles. The lowest BCUT2D eigenvalue weighted by Crippen LogP contribution is -2.25. The van der Waals surface area contributed by atoms with Crippen LogP contribution in [0.15, 0.2) is 33.2 Å². The molecule has 0 aliphatic rings. The van der Waals surface area contributed by atoms with E-state index in [1.165, 1.54) is 0 Å². The first-order valence-electron chi connectivity index (χ1n) is 7.17. The molecule has 0 atom stereocenters. The van der Waals surface area contributed by atoms with E-state index in [0.717, 1.165) is 36.8 Å². The molecular formula is C17H19BrN2O2S. The number of hydrogen-bond acceptors (Lipinski definition) is 4. The van der Waals surface area contributed by atoms with E-state index in [1.807, 2.05) is 52.0 Å². The van der Waals surface area contributed by atoms with E-state index in [2.05, 4.69) is 26.5 Å². The second kappa shape index (κ2) is 7.75. The highest BCUT2D eigenvalue weighted by atomic mass is 79.9. The SMILES string of the molecule is C/C(=N\NC(=O)COc1c(C)ccc(C)c1C)c1ccc(Br)s1. The van der Waals surface area contributed by atoms with Gasteiger partial charge in [0.2, 0.25) is 0 Å². The molecule has 1 N–H and O–H groups in total. The van der Waals surface area contributed by atoms with E-state index in [0.29, 0.717) is 0 Å². The lowest BCUT2D eigenvalue weighted by Gasteiger charge is -2.13. The topological polar surface area (TPSA) is 50.7 Å². The monoisotopic (exact) mass is 394 g/mol. The van der Waals surface area contributed by atoms with Crippen LogP contribution in [0.25, 0.3) is 0 Å². The summed E-state index contributed by atoms with van der Waals surface area (Å²) in [4.78, 5) is 12.9. The highest BCUT2D eigenvalue weighted by molar-refractivity contribution is 9.11. The molecular weight excluding hydrogens is 376 g/mol. The first-order valence-corrected chi connectivity index (χ1v) is 8.78. The van der Waals surface area contributed by atoms with Gasteiger partial charge in [0.25, 0.3) is 5.91 Å². The number of nitrogens with one attached hydrogen (secondary N) is 1. The van der Waals surface area contributed by atoms with Gasteiger partial charge in [-0.1, -0.05) is 12.1 Å². The van der Waals surface area contributed by atoms with Crippen LogP contribution in [0, 0.1) is 20.8 Å². The Labute approximate surface area is 148 Å². The lowest BCUT2D eigenvalue weighted by atomic mass is 10.1. The molecule has 1 aromatic heterocycles. The summed E-state index contributed by atoms with van der Waals surface area (Å²) >= 11 is 4.97. The third-order valence-electron chi connectivity index (χ3n) is 3.50. The third-order valence-corrected chi connectivity index (χ3v) is 5.23. The molecule has 0 saturated heterocycles. The van der Waals surface area contributed by atoms with Crippen molar-refractivity contribution in [3.05, 3.63) is 49.6 Å². The molecule has 122 valence electrons. The zero-order chi connectivity index (χ0) is 17.0. The molecule has 2 aromatic rings. The van der Waals surface area contributed by atoms with E-state index in [4.69, 9.17) is 4.74 Å². The number of benzene rings is 1. The third kappa shape index (κ3) is 4.65. The van der Waals surface area contributed by atoms with Crippen molar-refractivity contribution >= 4 is 38.9 Å². The number of amides is 1. The van der Waals surface area contributed by atoms with Gasteiger partial charge in [-0.15, -0.1) is 11.3 Å². The van der Waals surface area contributed by atoms with Crippen molar-refractivity contribution < 1.29 is 9.53 Å². The minimum atomic E-state index is -0.278. The average Bonchev–Trinajstić information content (AvgIpc) is 2.95. The molecule has 0 saturated carbocycles. The van der Waals surface area contributed by atoms with E-state index in [-0.39, 0.29) is 12.5 Å². The van der Waals surface area contributed by atoms with Gasteiger partial charge < -0.3 is 4.74 Å². The Morgan fingerprint density at radius 1 is 1.22 bits per heavy atom. The molecule has 1 amide bonds. The van der Waals surface area contributed by atoms with Gasteiger partial charge in [0.15, 0.2) is 6.61 Å². The largest absolute Gasteiger partial charge is 0.483 e. The molecule has 4 nitrogen and oxygen atoms in total. The number of ether oxygens (including phenoxy) is 1. The predicted molar refractivity (Wildman–Crippen MR) is 98.5 cm³/mol. The van der Waals surface area contributed by atoms with Crippen molar-refractivity contribution in [1.29, 1.82) is 0 Å². The summed E-state index contributed by atoms with van der Waals surface area (Å²) in [5, 5.41) is 4.11. The summed E-state index contributed by atoms with van der Waals surface area (Å²) in [6.07, 6.45) is 0. The van der Waals surface area contributed by atoms with Crippen LogP contribution in [0.5, 0.6) is 5.75 Å². The number of nitrogens with zero attached hydrogens (tertiary/aromatic N) is 1. The number of aryl methyl sites for hydroxylation is 2. The van der Waals surface area contributed by atoms with Gasteiger partial charge in [-0.3, -0.25) is 4.79 Å². The van der Waals surface area contributed by atoms with Crippen molar-refractivity contribution in [1.82, 2.24) is 5.43 Å². The van der Waals surface area contributed by atoms with E-state index in [9.17, 15) is 4.79 Å². The Morgan fingerprint density at radius 3 is 2.57 bits per heavy atom. The number of carbonyl (C=O) groups is 1. The van der Waals surface area contributed by atoms with Crippen molar-refractivity contribution in [2.75, 3.05) is 6.61 Å². The van der Waals surface area contributed by atoms with Crippen LogP contribution in [0.4, 0.5) is 0 Å². The van der Waals surface area contributed by atoms with Crippen LogP contribution in [0.2, 0.25) is 0 Å². The summed E-state index contributed by atoms with van der Waals surface area (Å²) in [5.41, 5.74) is 6.51. The molecule has 0 radical (unpaired) electrons. The maximum atomic E-state index is 11.9. The normalized spacial score (nSPS) is 11.4. The van der Waals surface area contributed by atoms with Gasteiger partial charge in [0.1, 0.15) is 5.75 Å². The maximum Gasteiger partial charge on any atom is 0.277 e. The molecule has 0 unspecified atom stereocenters. The van der Waals surface area contributed by atoms with Gasteiger partial charge in [-0.2, -0.15) is 5.10 Å². The smallest absolute Gasteiger partial charge is 0.277 e. The van der Waals surface area contributed by atoms with Crippen molar-refractivity contribution in [2.24, 2.45) is 5.10 Å². The van der Waals surface area contributed by atoms with Crippen molar-refractivity contribution in [2.45, 2.75) is 27.7 Å². The standard InChI is InChI=1S/C17H19BrN2O2S/c1-10-5-6-11(2)17(12(10)3)22-9-16(21)20-19-13(4)14-7-8-15(18)23-14/h5-8H,9H2,1-4H3,(H,20,21)/b19-13+. The number of hydrazone groups is 1. The summed E-state index contributed by atoms with van der Waals surface area (Å²) in [6.45, 7) is 7.78. The highest BCUT2D eigenvalue weighted by Crippen LogP contribution is 2.25. The van der Waals surface area contributed by atoms with E-state index < -0.39 is 0 Å². The first-order chi connectivity index (χ1) is 10.9. The van der Waals surface area contributed by atoms with Crippen molar-refractivity contribution in [3.8, 4) is 5.75 Å². The van der Waals surface area contributed by atoms with Gasteiger partial charge in [0.05, 0.1) is 14.4 Å². The van der Waals surface area contributed by atoms with E-state index in [1.54, 1.807) is 11.3 Å². The Bertz CT molecular complexity index is 753. The van der Waals surface area contributed by atoms with Crippen LogP contribution in [-0.4, -0.2) is 18.2 Å². The fourth-order valence-corrected chi connectivity index (χ4v) is 3.36. The molecule has 0 bridgehead atoms. The van der Waals surface area contributed by atoms with Gasteiger partial charge in [-0.05, 0) is 72.4 Å². The van der Waals surface area contributed by atoms with Crippen molar-refractivity contribution in [3.63, 3.8) is 0 Å². The van der Waals surface area contributed by atoms with Crippen LogP contribution in [0.1, 0.15) is 28.5 Å². The summed E-state index contributed by atoms with van der Waals surface area (Å²) < 4.78 is 6.70. The number of halogens is 1. The summed E-state index contributed by atoms with van der Waals surface area (Å²) in [5.74, 6) is 0.489. The van der Waals surface area contributed by atoms with E-state index >= 15 is 0 Å². The minimum absolute atomic E-state index is 0.0595. The van der Waals surface area contributed by atoms with Gasteiger partial charge >= 0.3 is 0 Å². The first kappa shape index (κ1) is 17.7. The Hall–Kier alpha value is -1.66. The molecule has 23 heavy (non-hydrogen) atoms. The predicted octanol–water partition coefficient (Wildman–Crippen LogP) is 4.36. The number of thiophene rings is 1. The molecule has 0 aliphatic carbocycles. The van der Waals surface area contributed by atoms with Crippen LogP contribution in [0.3, 0.4) is 0 Å². The molecule has 0 spiro atoms. The fourth-order valence-electron chi connectivity index (χ4n) is 2.03. The maximum absolute atomic E-state index is 11.9. The van der Waals surface area contributed by atoms with Crippen LogP contribution >= 0.6 is 27.3 Å². The van der Waals surface area contributed by atoms with Gasteiger partial charge in [-0.25, -0.2) is 5.43 Å². The molecule has 1 aromatic carbocycles. The summed E-state index contributed by atoms with van der Waals surface area (Å²) in [7, 11) is 0. The number of hydrogen-bond donors (Lipinski definition) is 1. The Morgan fingerprint density at radius 2 is 1.91 bits per heavy atom. The molecule has 0 aliphatic heterocycles. The lowest BCUT2D eigenvalue weighted by molar-refractivity contribution is -0.123. The van der Waals surface area contributed by atoms with Crippen LogP contribution in [-0.2, 0) is 4.79 Å². The quantitative estimate of drug-likeness (QED) is 0.604. The Kier molecular flexibility index (Phi) is 5.96. The highest BCUT2D eigenvalue weighted by Gasteiger charge is 2.09. The molecule has 6 heteroatoms. The minimum Gasteiger partial charge on any atom is -0.483 e. The van der Waals surface area contributed by atoms with Gasteiger partial charge in [0, 0.05) is 0 Å². The molecule has 0 fully saturated rings. The second-order valence-electron chi connectivity index (χ2n) is 5.28. The number of rotatable bonds is 5.